The third-order valence-corrected chi connectivity index (χ3v) is 9.63. The number of nitrogens with zero attached hydrogens (tertiary/aromatic N) is 3. The molecule has 3 fully saturated rings. The van der Waals surface area contributed by atoms with Crippen LogP contribution < -0.4 is 10.0 Å². The van der Waals surface area contributed by atoms with Crippen molar-refractivity contribution in [2.45, 2.75) is 76.0 Å². The highest BCUT2D eigenvalue weighted by atomic mass is 32.2. The third kappa shape index (κ3) is 7.27. The minimum absolute atomic E-state index is 0.267. The fourth-order valence-electron chi connectivity index (χ4n) is 6.16. The number of aryl methyl sites for hydroxylation is 2. The molecule has 1 amide bonds. The second-order valence-electron chi connectivity index (χ2n) is 11.7. The first kappa shape index (κ1) is 28.7. The summed E-state index contributed by atoms with van der Waals surface area (Å²) >= 11 is 1.30. The SMILES string of the molecule is C1CC1.Cc1ccccc1SN.O=C(c1cccc2c1CCC2)N1CCC2(CC1)CCN(c1ccncc1)CC2. The van der Waals surface area contributed by atoms with E-state index in [4.69, 9.17) is 5.14 Å². The van der Waals surface area contributed by atoms with Crippen LogP contribution in [0, 0.1) is 12.3 Å². The summed E-state index contributed by atoms with van der Waals surface area (Å²) in [6.07, 6.45) is 16.4. The maximum atomic E-state index is 13.2. The number of carbonyl (C=O) groups excluding carboxylic acids is 1. The summed E-state index contributed by atoms with van der Waals surface area (Å²) in [5, 5.41) is 5.37. The van der Waals surface area contributed by atoms with Gasteiger partial charge in [-0.05, 0) is 110 Å². The maximum absolute atomic E-state index is 13.2. The summed E-state index contributed by atoms with van der Waals surface area (Å²) in [6, 6.07) is 18.6. The van der Waals surface area contributed by atoms with Crippen molar-refractivity contribution in [1.82, 2.24) is 9.88 Å². The van der Waals surface area contributed by atoms with Gasteiger partial charge in [0, 0.05) is 54.7 Å². The monoisotopic (exact) mass is 556 g/mol. The Balaban J connectivity index is 0.000000223. The lowest BCUT2D eigenvalue weighted by molar-refractivity contribution is 0.0514. The molecule has 2 saturated heterocycles. The minimum Gasteiger partial charge on any atom is -0.371 e. The van der Waals surface area contributed by atoms with Gasteiger partial charge in [0.25, 0.3) is 5.91 Å². The summed E-state index contributed by atoms with van der Waals surface area (Å²) < 4.78 is 0. The predicted molar refractivity (Wildman–Crippen MR) is 167 cm³/mol. The predicted octanol–water partition coefficient (Wildman–Crippen LogP) is 7.22. The number of pyridine rings is 1. The summed E-state index contributed by atoms with van der Waals surface area (Å²) in [5.74, 6) is 0.267. The van der Waals surface area contributed by atoms with Crippen LogP contribution in [0.1, 0.15) is 78.4 Å². The molecule has 1 saturated carbocycles. The fraction of sp³-hybridized carbons (Fsp3) is 0.471. The first-order valence-electron chi connectivity index (χ1n) is 15.1. The second-order valence-corrected chi connectivity index (χ2v) is 12.4. The van der Waals surface area contributed by atoms with Crippen molar-refractivity contribution in [2.24, 2.45) is 10.6 Å². The first-order valence-corrected chi connectivity index (χ1v) is 15.9. The largest absolute Gasteiger partial charge is 0.371 e. The third-order valence-electron chi connectivity index (χ3n) is 8.91. The van der Waals surface area contributed by atoms with Gasteiger partial charge in [-0.15, -0.1) is 0 Å². The van der Waals surface area contributed by atoms with Gasteiger partial charge in [0.2, 0.25) is 0 Å². The molecule has 0 bridgehead atoms. The highest BCUT2D eigenvalue weighted by molar-refractivity contribution is 7.97. The molecule has 2 aliphatic carbocycles. The number of carbonyl (C=O) groups is 1. The Morgan fingerprint density at radius 3 is 2.12 bits per heavy atom. The summed E-state index contributed by atoms with van der Waals surface area (Å²) in [5.41, 5.74) is 6.64. The number of rotatable bonds is 3. The van der Waals surface area contributed by atoms with Crippen LogP contribution in [0.4, 0.5) is 5.69 Å². The van der Waals surface area contributed by atoms with E-state index in [0.29, 0.717) is 5.41 Å². The molecule has 3 heterocycles. The Hall–Kier alpha value is -2.83. The highest BCUT2D eigenvalue weighted by Gasteiger charge is 2.39. The molecule has 6 heteroatoms. The van der Waals surface area contributed by atoms with E-state index in [1.807, 2.05) is 36.7 Å². The van der Waals surface area contributed by atoms with Crippen LogP contribution in [0.3, 0.4) is 0 Å². The van der Waals surface area contributed by atoms with Crippen LogP contribution in [-0.4, -0.2) is 42.0 Å². The molecule has 0 unspecified atom stereocenters. The highest BCUT2D eigenvalue weighted by Crippen LogP contribution is 2.42. The number of anilines is 1. The van der Waals surface area contributed by atoms with Crippen LogP contribution in [0.15, 0.2) is 71.9 Å². The van der Waals surface area contributed by atoms with Crippen molar-refractivity contribution in [1.29, 1.82) is 0 Å². The van der Waals surface area contributed by atoms with E-state index in [9.17, 15) is 4.79 Å². The Morgan fingerprint density at radius 1 is 0.825 bits per heavy atom. The zero-order chi connectivity index (χ0) is 27.8. The van der Waals surface area contributed by atoms with Crippen molar-refractivity contribution in [3.63, 3.8) is 0 Å². The van der Waals surface area contributed by atoms with Gasteiger partial charge in [0.1, 0.15) is 0 Å². The Kier molecular flexibility index (Phi) is 9.82. The molecule has 7 rings (SSSR count). The molecule has 5 nitrogen and oxygen atoms in total. The van der Waals surface area contributed by atoms with E-state index in [1.54, 1.807) is 0 Å². The minimum atomic E-state index is 0.267. The number of fused-ring (bicyclic) bond motifs is 1. The van der Waals surface area contributed by atoms with Gasteiger partial charge in [0.15, 0.2) is 0 Å². The maximum Gasteiger partial charge on any atom is 0.254 e. The van der Waals surface area contributed by atoms with Crippen LogP contribution in [0.2, 0.25) is 0 Å². The average Bonchev–Trinajstić information content (AvgIpc) is 3.82. The molecule has 1 aromatic heterocycles. The molecule has 3 aromatic rings. The van der Waals surface area contributed by atoms with Crippen molar-refractivity contribution in [3.05, 3.63) is 89.2 Å². The zero-order valence-corrected chi connectivity index (χ0v) is 24.8. The quantitative estimate of drug-likeness (QED) is 0.345. The van der Waals surface area contributed by atoms with Crippen LogP contribution in [0.25, 0.3) is 0 Å². The van der Waals surface area contributed by atoms with Gasteiger partial charge < -0.3 is 9.80 Å². The van der Waals surface area contributed by atoms with E-state index in [2.05, 4.69) is 52.0 Å². The van der Waals surface area contributed by atoms with Gasteiger partial charge in [-0.25, -0.2) is 0 Å². The van der Waals surface area contributed by atoms with Crippen LogP contribution in [-0.2, 0) is 12.8 Å². The Morgan fingerprint density at radius 2 is 1.50 bits per heavy atom. The van der Waals surface area contributed by atoms with Gasteiger partial charge in [-0.1, -0.05) is 49.6 Å². The molecule has 4 aliphatic rings. The molecule has 1 spiro atoms. The summed E-state index contributed by atoms with van der Waals surface area (Å²) in [6.45, 7) is 6.11. The van der Waals surface area contributed by atoms with Gasteiger partial charge in [-0.2, -0.15) is 0 Å². The van der Waals surface area contributed by atoms with E-state index in [-0.39, 0.29) is 5.91 Å². The lowest BCUT2D eigenvalue weighted by Gasteiger charge is -2.47. The van der Waals surface area contributed by atoms with Crippen LogP contribution >= 0.6 is 11.9 Å². The molecule has 2 aromatic carbocycles. The van der Waals surface area contributed by atoms with Gasteiger partial charge in [-0.3, -0.25) is 14.9 Å². The number of hydrogen-bond donors (Lipinski definition) is 1. The summed E-state index contributed by atoms with van der Waals surface area (Å²) in [4.78, 5) is 23.1. The smallest absolute Gasteiger partial charge is 0.254 e. The van der Waals surface area contributed by atoms with Crippen molar-refractivity contribution < 1.29 is 4.79 Å². The Labute approximate surface area is 244 Å². The molecule has 0 atom stereocenters. The van der Waals surface area contributed by atoms with E-state index >= 15 is 0 Å². The number of piperidine rings is 2. The number of benzene rings is 2. The Bertz CT molecular complexity index is 1240. The van der Waals surface area contributed by atoms with Crippen molar-refractivity contribution in [3.8, 4) is 0 Å². The van der Waals surface area contributed by atoms with Gasteiger partial charge in [0.05, 0.1) is 0 Å². The number of likely N-dealkylation sites (tertiary alicyclic amines) is 1. The molecule has 2 aliphatic heterocycles. The number of hydrogen-bond acceptors (Lipinski definition) is 5. The molecule has 0 radical (unpaired) electrons. The lowest BCUT2D eigenvalue weighted by atomic mass is 9.71. The second kappa shape index (κ2) is 13.7. The number of nitrogens with two attached hydrogens (primary N) is 1. The van der Waals surface area contributed by atoms with E-state index < -0.39 is 0 Å². The normalized spacial score (nSPS) is 18.6. The molecule has 2 N–H and O–H groups in total. The first-order chi connectivity index (χ1) is 19.6. The van der Waals surface area contributed by atoms with Crippen molar-refractivity contribution in [2.75, 3.05) is 31.1 Å². The molecular formula is C34H44N4OS. The van der Waals surface area contributed by atoms with E-state index in [1.165, 1.54) is 72.9 Å². The standard InChI is InChI=1S/C24H29N3O.C7H9NS.C3H6/c28-23(22-6-2-4-19-3-1-5-21(19)22)27-17-11-24(12-18-27)9-15-26(16-10-24)20-7-13-25-14-8-20;1-6-4-2-3-5-7(6)9-8;1-2-3-1/h2,4,6-8,13-14H,1,3,5,9-12,15-18H2;2-5H,8H2,1H3;1-3H2. The molecule has 40 heavy (non-hydrogen) atoms. The lowest BCUT2D eigenvalue weighted by Crippen LogP contribution is -2.48. The van der Waals surface area contributed by atoms with E-state index in [0.717, 1.165) is 62.3 Å². The van der Waals surface area contributed by atoms with Crippen LogP contribution in [0.5, 0.6) is 0 Å². The fourth-order valence-corrected chi connectivity index (χ4v) is 6.57. The van der Waals surface area contributed by atoms with Crippen molar-refractivity contribution >= 4 is 23.5 Å². The molecule has 212 valence electrons. The zero-order valence-electron chi connectivity index (χ0n) is 24.0. The number of amides is 1. The topological polar surface area (TPSA) is 62.5 Å². The summed E-state index contributed by atoms with van der Waals surface area (Å²) in [7, 11) is 0. The van der Waals surface area contributed by atoms with Gasteiger partial charge >= 0.3 is 0 Å². The molecular weight excluding hydrogens is 512 g/mol. The number of aromatic nitrogens is 1. The average molecular weight is 557 g/mol.